The molecule has 1 fully saturated rings. The highest BCUT2D eigenvalue weighted by atomic mass is 16.2. The molecule has 0 saturated carbocycles. The summed E-state index contributed by atoms with van der Waals surface area (Å²) >= 11 is 0. The van der Waals surface area contributed by atoms with Crippen molar-refractivity contribution >= 4 is 28.5 Å². The molecule has 6 nitrogen and oxygen atoms in total. The molecule has 4 rings (SSSR count). The third-order valence-electron chi connectivity index (χ3n) is 5.61. The zero-order valence-corrected chi connectivity index (χ0v) is 18.2. The van der Waals surface area contributed by atoms with E-state index in [0.29, 0.717) is 18.0 Å². The molecule has 1 aliphatic rings. The Morgan fingerprint density at radius 1 is 1.03 bits per heavy atom. The lowest BCUT2D eigenvalue weighted by molar-refractivity contribution is 0.0792. The van der Waals surface area contributed by atoms with Gasteiger partial charge in [-0.2, -0.15) is 0 Å². The second-order valence-corrected chi connectivity index (χ2v) is 8.64. The van der Waals surface area contributed by atoms with Crippen LogP contribution in [0.3, 0.4) is 0 Å². The fraction of sp³-hybridized carbons (Fsp3) is 0.360. The Morgan fingerprint density at radius 2 is 1.84 bits per heavy atom. The Bertz CT molecular complexity index is 1080. The van der Waals surface area contributed by atoms with Crippen molar-refractivity contribution in [1.29, 1.82) is 0 Å². The summed E-state index contributed by atoms with van der Waals surface area (Å²) in [5.41, 5.74) is 3.50. The van der Waals surface area contributed by atoms with E-state index in [9.17, 15) is 9.59 Å². The minimum absolute atomic E-state index is 0.0708. The fourth-order valence-corrected chi connectivity index (χ4v) is 4.11. The molecule has 0 aliphatic carbocycles. The van der Waals surface area contributed by atoms with Crippen LogP contribution in [-0.2, 0) is 13.1 Å². The van der Waals surface area contributed by atoms with Crippen LogP contribution in [-0.4, -0.2) is 34.5 Å². The van der Waals surface area contributed by atoms with Crippen molar-refractivity contribution in [3.8, 4) is 0 Å². The van der Waals surface area contributed by atoms with E-state index in [1.807, 2.05) is 47.4 Å². The maximum absolute atomic E-state index is 12.6. The molecular formula is C25H30N4O2. The Kier molecular flexibility index (Phi) is 6.26. The third-order valence-corrected chi connectivity index (χ3v) is 5.61. The molecule has 3 amide bonds. The normalized spacial score (nSPS) is 13.7. The molecule has 1 saturated heterocycles. The van der Waals surface area contributed by atoms with Crippen LogP contribution in [0.25, 0.3) is 10.9 Å². The molecule has 162 valence electrons. The van der Waals surface area contributed by atoms with Crippen molar-refractivity contribution in [1.82, 2.24) is 14.8 Å². The minimum Gasteiger partial charge on any atom is -0.347 e. The first-order valence-electron chi connectivity index (χ1n) is 11.0. The van der Waals surface area contributed by atoms with E-state index < -0.39 is 0 Å². The highest BCUT2D eigenvalue weighted by Crippen LogP contribution is 2.21. The Hall–Kier alpha value is -3.28. The monoisotopic (exact) mass is 418 g/mol. The lowest BCUT2D eigenvalue weighted by atomic mass is 10.1. The van der Waals surface area contributed by atoms with Gasteiger partial charge in [0.2, 0.25) is 0 Å². The van der Waals surface area contributed by atoms with Crippen molar-refractivity contribution < 1.29 is 9.59 Å². The molecule has 1 aliphatic heterocycles. The smallest absolute Gasteiger partial charge is 0.319 e. The zero-order chi connectivity index (χ0) is 21.8. The van der Waals surface area contributed by atoms with Crippen LogP contribution in [0.1, 0.15) is 42.6 Å². The van der Waals surface area contributed by atoms with E-state index in [1.54, 1.807) is 0 Å². The first-order valence-corrected chi connectivity index (χ1v) is 11.0. The van der Waals surface area contributed by atoms with Gasteiger partial charge >= 0.3 is 6.03 Å². The van der Waals surface area contributed by atoms with Crippen LogP contribution in [0.5, 0.6) is 0 Å². The predicted octanol–water partition coefficient (Wildman–Crippen LogP) is 4.86. The first kappa shape index (κ1) is 21.0. The standard InChI is InChI=1S/C25H30N4O2/c1-18(2)17-29-13-10-20-15-22(8-9-23(20)29)27-25(31)26-16-19-6-5-7-21(14-19)24(30)28-11-3-4-12-28/h5-10,13-15,18H,3-4,11-12,16-17H2,1-2H3,(H2,26,27,31). The fourth-order valence-electron chi connectivity index (χ4n) is 4.11. The van der Waals surface area contributed by atoms with Gasteiger partial charge in [-0.3, -0.25) is 4.79 Å². The number of rotatable bonds is 6. The van der Waals surface area contributed by atoms with E-state index in [4.69, 9.17) is 0 Å². The second kappa shape index (κ2) is 9.25. The summed E-state index contributed by atoms with van der Waals surface area (Å²) in [6.45, 7) is 7.38. The summed E-state index contributed by atoms with van der Waals surface area (Å²) in [5.74, 6) is 0.643. The van der Waals surface area contributed by atoms with Crippen LogP contribution >= 0.6 is 0 Å². The molecule has 2 aromatic carbocycles. The third kappa shape index (κ3) is 5.08. The highest BCUT2D eigenvalue weighted by Gasteiger charge is 2.19. The van der Waals surface area contributed by atoms with Crippen molar-refractivity contribution in [3.05, 3.63) is 65.9 Å². The van der Waals surface area contributed by atoms with Crippen molar-refractivity contribution in [2.24, 2.45) is 5.92 Å². The van der Waals surface area contributed by atoms with E-state index in [0.717, 1.165) is 49.1 Å². The number of benzene rings is 2. The Morgan fingerprint density at radius 3 is 2.61 bits per heavy atom. The van der Waals surface area contributed by atoms with Crippen molar-refractivity contribution in [2.45, 2.75) is 39.8 Å². The van der Waals surface area contributed by atoms with E-state index >= 15 is 0 Å². The molecule has 2 N–H and O–H groups in total. The van der Waals surface area contributed by atoms with Gasteiger partial charge in [0.1, 0.15) is 0 Å². The second-order valence-electron chi connectivity index (χ2n) is 8.64. The summed E-state index contributed by atoms with van der Waals surface area (Å²) in [7, 11) is 0. The summed E-state index contributed by atoms with van der Waals surface area (Å²) < 4.78 is 2.24. The van der Waals surface area contributed by atoms with Crippen LogP contribution in [0.15, 0.2) is 54.7 Å². The molecule has 6 heteroatoms. The molecule has 31 heavy (non-hydrogen) atoms. The van der Waals surface area contributed by atoms with Gasteiger partial charge in [-0.05, 0) is 60.7 Å². The molecular weight excluding hydrogens is 388 g/mol. The molecule has 0 unspecified atom stereocenters. The summed E-state index contributed by atoms with van der Waals surface area (Å²) in [4.78, 5) is 26.9. The molecule has 2 heterocycles. The SMILES string of the molecule is CC(C)Cn1ccc2cc(NC(=O)NCc3cccc(C(=O)N4CCCC4)c3)ccc21. The molecule has 0 atom stereocenters. The Balaban J connectivity index is 1.35. The topological polar surface area (TPSA) is 66.4 Å². The van der Waals surface area contributed by atoms with Gasteiger partial charge < -0.3 is 20.1 Å². The Labute approximate surface area is 183 Å². The molecule has 0 bridgehead atoms. The van der Waals surface area contributed by atoms with E-state index in [1.165, 1.54) is 5.52 Å². The van der Waals surface area contributed by atoms with Gasteiger partial charge in [-0.1, -0.05) is 26.0 Å². The van der Waals surface area contributed by atoms with Crippen LogP contribution in [0.2, 0.25) is 0 Å². The van der Waals surface area contributed by atoms with E-state index in [-0.39, 0.29) is 11.9 Å². The summed E-state index contributed by atoms with van der Waals surface area (Å²) in [5, 5.41) is 6.89. The quantitative estimate of drug-likeness (QED) is 0.601. The molecule has 3 aromatic rings. The number of likely N-dealkylation sites (tertiary alicyclic amines) is 1. The molecule has 0 radical (unpaired) electrons. The summed E-state index contributed by atoms with van der Waals surface area (Å²) in [6.07, 6.45) is 4.23. The largest absolute Gasteiger partial charge is 0.347 e. The van der Waals surface area contributed by atoms with Crippen LogP contribution in [0.4, 0.5) is 10.5 Å². The summed E-state index contributed by atoms with van der Waals surface area (Å²) in [6, 6.07) is 15.3. The average molecular weight is 419 g/mol. The number of amides is 3. The van der Waals surface area contributed by atoms with Crippen molar-refractivity contribution in [3.63, 3.8) is 0 Å². The number of nitrogens with zero attached hydrogens (tertiary/aromatic N) is 2. The number of carbonyl (C=O) groups excluding carboxylic acids is 2. The number of hydrogen-bond donors (Lipinski definition) is 2. The molecule has 1 aromatic heterocycles. The lowest BCUT2D eigenvalue weighted by Gasteiger charge is -2.16. The van der Waals surface area contributed by atoms with Gasteiger partial charge in [-0.25, -0.2) is 4.79 Å². The lowest BCUT2D eigenvalue weighted by Crippen LogP contribution is -2.29. The van der Waals surface area contributed by atoms with Gasteiger partial charge in [0.25, 0.3) is 5.91 Å². The van der Waals surface area contributed by atoms with Gasteiger partial charge in [-0.15, -0.1) is 0 Å². The van der Waals surface area contributed by atoms with Gasteiger partial charge in [0, 0.05) is 54.5 Å². The van der Waals surface area contributed by atoms with Crippen LogP contribution < -0.4 is 10.6 Å². The number of aromatic nitrogens is 1. The maximum Gasteiger partial charge on any atom is 0.319 e. The van der Waals surface area contributed by atoms with Gasteiger partial charge in [0.15, 0.2) is 0 Å². The molecule has 0 spiro atoms. The van der Waals surface area contributed by atoms with Crippen LogP contribution in [0, 0.1) is 5.92 Å². The number of carbonyl (C=O) groups is 2. The number of fused-ring (bicyclic) bond motifs is 1. The zero-order valence-electron chi connectivity index (χ0n) is 18.2. The first-order chi connectivity index (χ1) is 15.0. The van der Waals surface area contributed by atoms with Crippen molar-refractivity contribution in [2.75, 3.05) is 18.4 Å². The number of nitrogens with one attached hydrogen (secondary N) is 2. The predicted molar refractivity (Wildman–Crippen MR) is 124 cm³/mol. The minimum atomic E-state index is -0.266. The van der Waals surface area contributed by atoms with Gasteiger partial charge in [0.05, 0.1) is 0 Å². The number of urea groups is 1. The average Bonchev–Trinajstić information content (AvgIpc) is 3.42. The maximum atomic E-state index is 12.6. The van der Waals surface area contributed by atoms with E-state index in [2.05, 4.69) is 41.3 Å². The highest BCUT2D eigenvalue weighted by molar-refractivity contribution is 5.95. The number of hydrogen-bond acceptors (Lipinski definition) is 2. The number of anilines is 1.